The van der Waals surface area contributed by atoms with Crippen LogP contribution in [-0.2, 0) is 11.3 Å². The second-order valence-corrected chi connectivity index (χ2v) is 12.8. The highest BCUT2D eigenvalue weighted by molar-refractivity contribution is 5.97. The molecule has 3 aliphatic heterocycles. The van der Waals surface area contributed by atoms with Crippen LogP contribution in [0.5, 0.6) is 0 Å². The number of fused-ring (bicyclic) bond motifs is 3. The first-order valence-electron chi connectivity index (χ1n) is 16.4. The number of nitrogens with one attached hydrogen (secondary N) is 2. The Morgan fingerprint density at radius 1 is 0.979 bits per heavy atom. The van der Waals surface area contributed by atoms with Crippen LogP contribution in [0.4, 0.5) is 11.5 Å². The number of piperidine rings is 1. The number of likely N-dealkylation sites (tertiary alicyclic amines) is 1. The van der Waals surface area contributed by atoms with Crippen LogP contribution in [-0.4, -0.2) is 59.1 Å². The Labute approximate surface area is 276 Å². The van der Waals surface area contributed by atoms with Crippen molar-refractivity contribution < 1.29 is 9.90 Å². The topological polar surface area (TPSA) is 105 Å². The molecule has 4 heterocycles. The molecule has 0 spiro atoms. The fourth-order valence-corrected chi connectivity index (χ4v) is 6.66. The molecule has 240 valence electrons. The molecule has 3 N–H and O–H groups in total. The van der Waals surface area contributed by atoms with Gasteiger partial charge in [-0.1, -0.05) is 73.7 Å². The average molecular weight is 628 g/mol. The van der Waals surface area contributed by atoms with E-state index in [0.717, 1.165) is 83.2 Å². The predicted molar refractivity (Wildman–Crippen MR) is 188 cm³/mol. The van der Waals surface area contributed by atoms with Crippen molar-refractivity contribution in [3.05, 3.63) is 102 Å². The van der Waals surface area contributed by atoms with Crippen LogP contribution in [0.1, 0.15) is 49.6 Å². The maximum Gasteiger partial charge on any atom is 0.227 e. The van der Waals surface area contributed by atoms with E-state index in [1.54, 1.807) is 7.05 Å². The Balaban J connectivity index is 1.03. The number of hydrazone groups is 1. The summed E-state index contributed by atoms with van der Waals surface area (Å²) in [6.45, 7) is 6.81. The average Bonchev–Trinajstić information content (AvgIpc) is 3.41. The number of nitrogens with zero attached hydrogens (tertiary/aromatic N) is 5. The van der Waals surface area contributed by atoms with E-state index in [1.807, 2.05) is 41.6 Å². The molecule has 0 saturated carbocycles. The number of pyridine rings is 1. The Morgan fingerprint density at radius 3 is 2.40 bits per heavy atom. The zero-order chi connectivity index (χ0) is 32.5. The maximum absolute atomic E-state index is 13.0. The molecule has 9 heteroatoms. The van der Waals surface area contributed by atoms with Gasteiger partial charge in [-0.3, -0.25) is 20.0 Å². The van der Waals surface area contributed by atoms with E-state index in [-0.39, 0.29) is 23.9 Å². The lowest BCUT2D eigenvalue weighted by atomic mass is 9.94. The van der Waals surface area contributed by atoms with Crippen molar-refractivity contribution in [3.63, 3.8) is 0 Å². The van der Waals surface area contributed by atoms with Crippen molar-refractivity contribution in [2.75, 3.05) is 30.5 Å². The minimum atomic E-state index is -0.718. The molecule has 3 aromatic carbocycles. The minimum absolute atomic E-state index is 0.0148. The van der Waals surface area contributed by atoms with Gasteiger partial charge >= 0.3 is 0 Å². The standard InChI is InChI=1S/C38H41N7O2/c1-24-25(2)43-45-35(24)40-22-31-21-33(27-7-5-4-6-8-27)34(42-36(31)45)28-11-9-26(10-12-28)23-44-19-17-30(18-20-44)38(47)41-32-15-13-29(14-16-32)37(46)39-3/h4-16,21-22,24,30,35,37,39,46H,17-20,23H2,1-3H3,(H,41,47). The summed E-state index contributed by atoms with van der Waals surface area (Å²) in [5.41, 5.74) is 8.97. The van der Waals surface area contributed by atoms with Crippen molar-refractivity contribution in [3.8, 4) is 22.4 Å². The number of hydrogen-bond donors (Lipinski definition) is 3. The van der Waals surface area contributed by atoms with Crippen molar-refractivity contribution >= 4 is 29.3 Å². The van der Waals surface area contributed by atoms with Crippen molar-refractivity contribution in [1.29, 1.82) is 0 Å². The van der Waals surface area contributed by atoms with E-state index >= 15 is 0 Å². The molecular weight excluding hydrogens is 586 g/mol. The van der Waals surface area contributed by atoms with Gasteiger partial charge in [-0.25, -0.2) is 9.99 Å². The summed E-state index contributed by atoms with van der Waals surface area (Å²) in [7, 11) is 1.70. The Kier molecular flexibility index (Phi) is 8.68. The first-order chi connectivity index (χ1) is 22.9. The quantitative estimate of drug-likeness (QED) is 0.205. The van der Waals surface area contributed by atoms with Crippen LogP contribution in [0.15, 0.2) is 95.0 Å². The van der Waals surface area contributed by atoms with Crippen LogP contribution in [0.25, 0.3) is 22.4 Å². The summed E-state index contributed by atoms with van der Waals surface area (Å²) in [6.07, 6.45) is 2.83. The second kappa shape index (κ2) is 13.2. The number of aromatic nitrogens is 1. The Bertz CT molecular complexity index is 1800. The monoisotopic (exact) mass is 627 g/mol. The van der Waals surface area contributed by atoms with Crippen molar-refractivity contribution in [1.82, 2.24) is 15.2 Å². The summed E-state index contributed by atoms with van der Waals surface area (Å²) < 4.78 is 0. The molecule has 9 nitrogen and oxygen atoms in total. The van der Waals surface area contributed by atoms with Gasteiger partial charge in [-0.05, 0) is 74.8 Å². The molecule has 1 amide bonds. The molecule has 4 aromatic rings. The number of aliphatic hydroxyl groups excluding tert-OH is 1. The molecule has 1 saturated heterocycles. The molecule has 1 fully saturated rings. The molecule has 47 heavy (non-hydrogen) atoms. The van der Waals surface area contributed by atoms with E-state index in [9.17, 15) is 9.90 Å². The molecule has 0 aliphatic carbocycles. The third-order valence-electron chi connectivity index (χ3n) is 9.68. The fraction of sp³-hybridized carbons (Fsp3) is 0.316. The summed E-state index contributed by atoms with van der Waals surface area (Å²) in [4.78, 5) is 25.5. The Hall–Kier alpha value is -4.70. The van der Waals surface area contributed by atoms with Crippen molar-refractivity contribution in [2.24, 2.45) is 21.9 Å². The summed E-state index contributed by atoms with van der Waals surface area (Å²) in [6, 6.07) is 28.6. The molecule has 3 atom stereocenters. The maximum atomic E-state index is 13.0. The molecule has 0 radical (unpaired) electrons. The molecule has 1 aromatic heterocycles. The number of aliphatic hydroxyl groups is 1. The number of amides is 1. The third kappa shape index (κ3) is 6.34. The van der Waals surface area contributed by atoms with E-state index in [2.05, 4.69) is 84.0 Å². The number of benzene rings is 3. The number of carbonyl (C=O) groups excluding carboxylic acids is 1. The second-order valence-electron chi connectivity index (χ2n) is 12.8. The lowest BCUT2D eigenvalue weighted by molar-refractivity contribution is -0.121. The number of anilines is 2. The van der Waals surface area contributed by atoms with E-state index in [4.69, 9.17) is 15.1 Å². The van der Waals surface area contributed by atoms with Crippen LogP contribution < -0.4 is 15.6 Å². The van der Waals surface area contributed by atoms with Gasteiger partial charge in [-0.15, -0.1) is 0 Å². The molecule has 3 unspecified atom stereocenters. The summed E-state index contributed by atoms with van der Waals surface area (Å²) >= 11 is 0. The third-order valence-corrected chi connectivity index (χ3v) is 9.68. The molecular formula is C38H41N7O2. The highest BCUT2D eigenvalue weighted by atomic mass is 16.3. The van der Waals surface area contributed by atoms with E-state index in [1.165, 1.54) is 5.56 Å². The normalized spacial score (nSPS) is 20.0. The number of rotatable bonds is 8. The first-order valence-corrected chi connectivity index (χ1v) is 16.4. The minimum Gasteiger partial charge on any atom is -0.374 e. The summed E-state index contributed by atoms with van der Waals surface area (Å²) in [5, 5.41) is 22.6. The van der Waals surface area contributed by atoms with Gasteiger partial charge in [-0.2, -0.15) is 5.10 Å². The van der Waals surface area contributed by atoms with Crippen molar-refractivity contribution in [2.45, 2.75) is 45.6 Å². The number of hydrogen-bond acceptors (Lipinski definition) is 8. The SMILES string of the molecule is CNC(O)c1ccc(NC(=O)C2CCN(Cc3ccc(-c4nc5c(cc4-c4ccccc4)C=NC4C(C)C(C)=NN54)cc3)CC2)cc1. The zero-order valence-electron chi connectivity index (χ0n) is 27.1. The number of aliphatic imine (C=N–C) groups is 1. The molecule has 7 rings (SSSR count). The van der Waals surface area contributed by atoms with Gasteiger partial charge < -0.3 is 10.4 Å². The van der Waals surface area contributed by atoms with Gasteiger partial charge in [0, 0.05) is 52.7 Å². The van der Waals surface area contributed by atoms with E-state index < -0.39 is 6.23 Å². The number of carbonyl (C=O) groups is 1. The van der Waals surface area contributed by atoms with Crippen LogP contribution in [0.2, 0.25) is 0 Å². The highest BCUT2D eigenvalue weighted by Crippen LogP contribution is 2.39. The van der Waals surface area contributed by atoms with Gasteiger partial charge in [0.15, 0.2) is 12.0 Å². The lowest BCUT2D eigenvalue weighted by Crippen LogP contribution is -2.37. The Morgan fingerprint density at radius 2 is 1.70 bits per heavy atom. The summed E-state index contributed by atoms with van der Waals surface area (Å²) in [5.74, 6) is 1.14. The largest absolute Gasteiger partial charge is 0.374 e. The first kappa shape index (κ1) is 30.9. The predicted octanol–water partition coefficient (Wildman–Crippen LogP) is 6.07. The molecule has 3 aliphatic rings. The van der Waals surface area contributed by atoms with Crippen LogP contribution in [0.3, 0.4) is 0 Å². The van der Waals surface area contributed by atoms with Gasteiger partial charge in [0.25, 0.3) is 0 Å². The lowest BCUT2D eigenvalue weighted by Gasteiger charge is -2.31. The zero-order valence-corrected chi connectivity index (χ0v) is 27.1. The fourth-order valence-electron chi connectivity index (χ4n) is 6.66. The van der Waals surface area contributed by atoms with Gasteiger partial charge in [0.05, 0.1) is 5.69 Å². The van der Waals surface area contributed by atoms with Gasteiger partial charge in [0.2, 0.25) is 5.91 Å². The highest BCUT2D eigenvalue weighted by Gasteiger charge is 2.37. The van der Waals surface area contributed by atoms with Crippen LogP contribution >= 0.6 is 0 Å². The van der Waals surface area contributed by atoms with E-state index in [0.29, 0.717) is 0 Å². The smallest absolute Gasteiger partial charge is 0.227 e. The molecule has 0 bridgehead atoms. The van der Waals surface area contributed by atoms with Crippen LogP contribution in [0, 0.1) is 11.8 Å². The van der Waals surface area contributed by atoms with Gasteiger partial charge in [0.1, 0.15) is 6.23 Å².